The first-order valence-electron chi connectivity index (χ1n) is 4.53. The highest BCUT2D eigenvalue weighted by molar-refractivity contribution is 9.10. The lowest BCUT2D eigenvalue weighted by Gasteiger charge is -2.15. The van der Waals surface area contributed by atoms with Crippen LogP contribution in [0, 0.1) is 5.82 Å². The van der Waals surface area contributed by atoms with Crippen molar-refractivity contribution in [1.82, 2.24) is 0 Å². The molecule has 1 aromatic carbocycles. The minimum Gasteiger partial charge on any atom is -0.385 e. The molecule has 1 aromatic rings. The lowest BCUT2D eigenvalue weighted by atomic mass is 10.0. The van der Waals surface area contributed by atoms with Crippen LogP contribution in [0.25, 0.3) is 0 Å². The highest BCUT2D eigenvalue weighted by Crippen LogP contribution is 2.49. The summed E-state index contributed by atoms with van der Waals surface area (Å²) in [5.41, 5.74) is -2.41. The van der Waals surface area contributed by atoms with Crippen LogP contribution in [0.5, 0.6) is 0 Å². The van der Waals surface area contributed by atoms with Crippen LogP contribution in [-0.2, 0) is 11.8 Å². The first kappa shape index (κ1) is 11.9. The highest BCUT2D eigenvalue weighted by Gasteiger charge is 2.45. The molecular weight excluding hydrogens is 292 g/mol. The minimum absolute atomic E-state index is 0.0279. The molecule has 1 aliphatic carbocycles. The molecule has 1 N–H and O–H groups in total. The third-order valence-corrected chi connectivity index (χ3v) is 3.39. The molecule has 0 bridgehead atoms. The zero-order chi connectivity index (χ0) is 12.1. The second-order valence-corrected chi connectivity index (χ2v) is 4.64. The highest BCUT2D eigenvalue weighted by atomic mass is 79.9. The van der Waals surface area contributed by atoms with Gasteiger partial charge in [0, 0.05) is 5.56 Å². The average molecular weight is 299 g/mol. The number of rotatable bonds is 1. The summed E-state index contributed by atoms with van der Waals surface area (Å²) in [5.74, 6) is -1.01. The summed E-state index contributed by atoms with van der Waals surface area (Å²) in [6, 6.07) is 1.21. The molecule has 1 saturated carbocycles. The van der Waals surface area contributed by atoms with Gasteiger partial charge >= 0.3 is 6.18 Å². The van der Waals surface area contributed by atoms with E-state index in [-0.39, 0.29) is 10.0 Å². The SMILES string of the molecule is OC1(c2cc(C(F)(F)F)cc(F)c2Br)CC1. The molecule has 0 atom stereocenters. The van der Waals surface area contributed by atoms with Crippen molar-refractivity contribution in [1.29, 1.82) is 0 Å². The van der Waals surface area contributed by atoms with E-state index in [1.807, 2.05) is 0 Å². The molecule has 6 heteroatoms. The Kier molecular flexibility index (Phi) is 2.54. The summed E-state index contributed by atoms with van der Waals surface area (Å²) in [5, 5.41) is 9.73. The van der Waals surface area contributed by atoms with E-state index in [4.69, 9.17) is 0 Å². The average Bonchev–Trinajstić information content (AvgIpc) is 2.87. The van der Waals surface area contributed by atoms with Crippen molar-refractivity contribution in [2.75, 3.05) is 0 Å². The van der Waals surface area contributed by atoms with Gasteiger partial charge < -0.3 is 5.11 Å². The lowest BCUT2D eigenvalue weighted by Crippen LogP contribution is -2.12. The van der Waals surface area contributed by atoms with Crippen molar-refractivity contribution in [2.45, 2.75) is 24.6 Å². The van der Waals surface area contributed by atoms with Gasteiger partial charge in [-0.15, -0.1) is 0 Å². The van der Waals surface area contributed by atoms with Crippen LogP contribution in [0.2, 0.25) is 0 Å². The van der Waals surface area contributed by atoms with Crippen molar-refractivity contribution < 1.29 is 22.7 Å². The van der Waals surface area contributed by atoms with E-state index >= 15 is 0 Å². The zero-order valence-corrected chi connectivity index (χ0v) is 9.49. The van der Waals surface area contributed by atoms with Crippen LogP contribution in [0.1, 0.15) is 24.0 Å². The van der Waals surface area contributed by atoms with Gasteiger partial charge in [-0.05, 0) is 40.9 Å². The number of alkyl halides is 3. The maximum absolute atomic E-state index is 13.3. The fourth-order valence-corrected chi connectivity index (χ4v) is 2.08. The predicted molar refractivity (Wildman–Crippen MR) is 52.2 cm³/mol. The quantitative estimate of drug-likeness (QED) is 0.786. The number of benzene rings is 1. The Morgan fingerprint density at radius 2 is 1.81 bits per heavy atom. The first-order valence-corrected chi connectivity index (χ1v) is 5.32. The van der Waals surface area contributed by atoms with E-state index < -0.39 is 23.2 Å². The Labute approximate surface area is 97.2 Å². The third-order valence-electron chi connectivity index (χ3n) is 2.58. The van der Waals surface area contributed by atoms with E-state index in [1.165, 1.54) is 0 Å². The van der Waals surface area contributed by atoms with Gasteiger partial charge in [-0.25, -0.2) is 4.39 Å². The van der Waals surface area contributed by atoms with Crippen molar-refractivity contribution in [2.24, 2.45) is 0 Å². The lowest BCUT2D eigenvalue weighted by molar-refractivity contribution is -0.137. The van der Waals surface area contributed by atoms with Gasteiger partial charge in [0.2, 0.25) is 0 Å². The van der Waals surface area contributed by atoms with E-state index in [0.717, 1.165) is 6.07 Å². The zero-order valence-electron chi connectivity index (χ0n) is 7.91. The predicted octanol–water partition coefficient (Wildman–Crippen LogP) is 3.59. The Morgan fingerprint density at radius 1 is 1.25 bits per heavy atom. The maximum atomic E-state index is 13.3. The molecule has 0 amide bonds. The number of aliphatic hydroxyl groups is 1. The Hall–Kier alpha value is -0.620. The molecule has 0 saturated heterocycles. The summed E-state index contributed by atoms with van der Waals surface area (Å²) >= 11 is 2.85. The fraction of sp³-hybridized carbons (Fsp3) is 0.400. The van der Waals surface area contributed by atoms with Crippen molar-refractivity contribution in [3.63, 3.8) is 0 Å². The Balaban J connectivity index is 2.57. The topological polar surface area (TPSA) is 20.2 Å². The van der Waals surface area contributed by atoms with Crippen LogP contribution in [0.15, 0.2) is 16.6 Å². The monoisotopic (exact) mass is 298 g/mol. The van der Waals surface area contributed by atoms with Gasteiger partial charge in [0.05, 0.1) is 15.6 Å². The van der Waals surface area contributed by atoms with Gasteiger partial charge in [0.25, 0.3) is 0 Å². The normalized spacial score (nSPS) is 18.6. The standard InChI is InChI=1S/C10H7BrF4O/c11-8-6(9(16)1-2-9)3-5(4-7(8)12)10(13,14)15/h3-4,16H,1-2H2. The fourth-order valence-electron chi connectivity index (χ4n) is 1.48. The number of hydrogen-bond donors (Lipinski definition) is 1. The summed E-state index contributed by atoms with van der Waals surface area (Å²) in [4.78, 5) is 0. The molecule has 0 spiro atoms. The minimum atomic E-state index is -4.61. The van der Waals surface area contributed by atoms with Crippen LogP contribution in [-0.4, -0.2) is 5.11 Å². The van der Waals surface area contributed by atoms with Crippen LogP contribution >= 0.6 is 15.9 Å². The van der Waals surface area contributed by atoms with Crippen molar-refractivity contribution >= 4 is 15.9 Å². The van der Waals surface area contributed by atoms with Gasteiger partial charge in [0.15, 0.2) is 0 Å². The Bertz CT molecular complexity index is 437. The van der Waals surface area contributed by atoms with E-state index in [2.05, 4.69) is 15.9 Å². The summed E-state index contributed by atoms with van der Waals surface area (Å²) in [7, 11) is 0. The molecule has 0 unspecified atom stereocenters. The molecule has 0 heterocycles. The van der Waals surface area contributed by atoms with E-state index in [1.54, 1.807) is 0 Å². The van der Waals surface area contributed by atoms with Gasteiger partial charge in [0.1, 0.15) is 5.82 Å². The third kappa shape index (κ3) is 1.96. The second kappa shape index (κ2) is 3.43. The number of hydrogen-bond acceptors (Lipinski definition) is 1. The molecule has 1 nitrogen and oxygen atoms in total. The molecule has 1 aliphatic rings. The maximum Gasteiger partial charge on any atom is 0.416 e. The van der Waals surface area contributed by atoms with Crippen molar-refractivity contribution in [3.8, 4) is 0 Å². The molecular formula is C10H7BrF4O. The summed E-state index contributed by atoms with van der Waals surface area (Å²) in [6.45, 7) is 0. The van der Waals surface area contributed by atoms with Crippen LogP contribution in [0.3, 0.4) is 0 Å². The second-order valence-electron chi connectivity index (χ2n) is 3.85. The van der Waals surface area contributed by atoms with Gasteiger partial charge in [-0.2, -0.15) is 13.2 Å². The molecule has 2 rings (SSSR count). The van der Waals surface area contributed by atoms with Gasteiger partial charge in [-0.3, -0.25) is 0 Å². The van der Waals surface area contributed by atoms with E-state index in [9.17, 15) is 22.7 Å². The summed E-state index contributed by atoms with van der Waals surface area (Å²) in [6.07, 6.45) is -3.90. The van der Waals surface area contributed by atoms with Gasteiger partial charge in [-0.1, -0.05) is 0 Å². The van der Waals surface area contributed by atoms with Crippen molar-refractivity contribution in [3.05, 3.63) is 33.5 Å². The summed E-state index contributed by atoms with van der Waals surface area (Å²) < 4.78 is 50.4. The molecule has 0 aromatic heterocycles. The number of halogens is 5. The Morgan fingerprint density at radius 3 is 2.25 bits per heavy atom. The molecule has 1 fully saturated rings. The largest absolute Gasteiger partial charge is 0.416 e. The van der Waals surface area contributed by atoms with Crippen LogP contribution in [0.4, 0.5) is 17.6 Å². The molecule has 88 valence electrons. The smallest absolute Gasteiger partial charge is 0.385 e. The molecule has 16 heavy (non-hydrogen) atoms. The first-order chi connectivity index (χ1) is 7.24. The molecule has 0 aliphatic heterocycles. The molecule has 0 radical (unpaired) electrons. The van der Waals surface area contributed by atoms with E-state index in [0.29, 0.717) is 18.9 Å². The van der Waals surface area contributed by atoms with Crippen LogP contribution < -0.4 is 0 Å².